The van der Waals surface area contributed by atoms with Crippen LogP contribution < -0.4 is 4.74 Å². The van der Waals surface area contributed by atoms with E-state index in [2.05, 4.69) is 4.98 Å². The molecule has 2 aliphatic rings. The van der Waals surface area contributed by atoms with E-state index in [1.807, 2.05) is 43.7 Å². The number of aromatic nitrogens is 2. The fraction of sp³-hybridized carbons (Fsp3) is 0.357. The molecule has 0 N–H and O–H groups in total. The van der Waals surface area contributed by atoms with Crippen molar-refractivity contribution in [2.75, 3.05) is 13.7 Å². The van der Waals surface area contributed by atoms with Gasteiger partial charge in [0.2, 0.25) is 0 Å². The van der Waals surface area contributed by atoms with E-state index in [9.17, 15) is 18.0 Å². The molecule has 2 aliphatic heterocycles. The van der Waals surface area contributed by atoms with Gasteiger partial charge >= 0.3 is 0 Å². The summed E-state index contributed by atoms with van der Waals surface area (Å²) in [5, 5.41) is 0. The number of amides is 1. The van der Waals surface area contributed by atoms with Crippen LogP contribution in [-0.2, 0) is 9.53 Å². The summed E-state index contributed by atoms with van der Waals surface area (Å²) in [5.41, 5.74) is 1.91. The van der Waals surface area contributed by atoms with Gasteiger partial charge in [0.15, 0.2) is 23.2 Å². The van der Waals surface area contributed by atoms with Crippen LogP contribution in [0.1, 0.15) is 49.6 Å². The number of rotatable bonds is 4. The van der Waals surface area contributed by atoms with E-state index in [1.165, 1.54) is 0 Å². The Kier molecular flexibility index (Phi) is 6.25. The highest BCUT2D eigenvalue weighted by molar-refractivity contribution is 5.96. The van der Waals surface area contributed by atoms with Crippen molar-refractivity contribution in [1.82, 2.24) is 14.5 Å². The number of benzene rings is 2. The number of ether oxygens (including phenoxy) is 2. The SMILES string of the molecule is COc1cc(/C=C2\OC(C)(C)[C@@H]3CC[C@@H](c4cc(F)c(F)c(F)c4)N(C3)C2=O)ccc1-n1cnc(C)c1. The number of methoxy groups -OCH3 is 1. The maximum absolute atomic E-state index is 14.0. The summed E-state index contributed by atoms with van der Waals surface area (Å²) < 4.78 is 55.4. The van der Waals surface area contributed by atoms with Gasteiger partial charge in [-0.3, -0.25) is 4.79 Å². The van der Waals surface area contributed by atoms with Gasteiger partial charge in [-0.15, -0.1) is 0 Å². The Morgan fingerprint density at radius 2 is 1.86 bits per heavy atom. The highest BCUT2D eigenvalue weighted by Gasteiger charge is 2.46. The summed E-state index contributed by atoms with van der Waals surface area (Å²) in [5.74, 6) is -3.74. The van der Waals surface area contributed by atoms with Gasteiger partial charge < -0.3 is 18.9 Å². The molecule has 2 aromatic carbocycles. The average Bonchev–Trinajstić information content (AvgIpc) is 3.29. The van der Waals surface area contributed by atoms with Gasteiger partial charge in [-0.05, 0) is 75.1 Å². The molecule has 0 unspecified atom stereocenters. The van der Waals surface area contributed by atoms with Crippen molar-refractivity contribution in [3.63, 3.8) is 0 Å². The van der Waals surface area contributed by atoms with Crippen molar-refractivity contribution in [1.29, 1.82) is 0 Å². The van der Waals surface area contributed by atoms with E-state index < -0.39 is 35.0 Å². The minimum absolute atomic E-state index is 0.00938. The van der Waals surface area contributed by atoms with Crippen molar-refractivity contribution < 1.29 is 27.4 Å². The van der Waals surface area contributed by atoms with Crippen LogP contribution >= 0.6 is 0 Å². The lowest BCUT2D eigenvalue weighted by Crippen LogP contribution is -2.45. The predicted octanol–water partition coefficient (Wildman–Crippen LogP) is 5.74. The van der Waals surface area contributed by atoms with Gasteiger partial charge in [-0.1, -0.05) is 6.07 Å². The number of carbonyl (C=O) groups is 1. The molecule has 0 saturated carbocycles. The third-order valence-corrected chi connectivity index (χ3v) is 7.29. The Labute approximate surface area is 213 Å². The number of aryl methyl sites for hydroxylation is 1. The number of piperidine rings is 1. The first-order chi connectivity index (χ1) is 17.6. The molecule has 3 aromatic rings. The summed E-state index contributed by atoms with van der Waals surface area (Å²) in [7, 11) is 1.57. The van der Waals surface area contributed by atoms with Crippen molar-refractivity contribution in [3.05, 3.63) is 82.9 Å². The second-order valence-corrected chi connectivity index (χ2v) is 10.1. The van der Waals surface area contributed by atoms with Crippen LogP contribution in [0.3, 0.4) is 0 Å². The first-order valence-corrected chi connectivity index (χ1v) is 12.1. The maximum Gasteiger partial charge on any atom is 0.289 e. The van der Waals surface area contributed by atoms with Gasteiger partial charge in [-0.2, -0.15) is 0 Å². The van der Waals surface area contributed by atoms with E-state index in [0.29, 0.717) is 30.7 Å². The minimum Gasteiger partial charge on any atom is -0.495 e. The summed E-state index contributed by atoms with van der Waals surface area (Å²) in [4.78, 5) is 19.6. The number of halogens is 3. The number of imidazole rings is 1. The lowest BCUT2D eigenvalue weighted by molar-refractivity contribution is -0.132. The molecule has 2 saturated heterocycles. The molecular formula is C28H28F3N3O3. The first-order valence-electron chi connectivity index (χ1n) is 12.1. The zero-order valence-electron chi connectivity index (χ0n) is 21.1. The molecule has 9 heteroatoms. The lowest BCUT2D eigenvalue weighted by Gasteiger charge is -2.41. The summed E-state index contributed by atoms with van der Waals surface area (Å²) in [6, 6.07) is 6.85. The van der Waals surface area contributed by atoms with E-state index in [0.717, 1.165) is 23.5 Å². The molecule has 0 radical (unpaired) electrons. The van der Waals surface area contributed by atoms with Gasteiger partial charge in [0.05, 0.1) is 30.9 Å². The molecule has 0 spiro atoms. The Hall–Kier alpha value is -3.75. The van der Waals surface area contributed by atoms with Gasteiger partial charge in [0, 0.05) is 18.7 Å². The van der Waals surface area contributed by atoms with E-state index >= 15 is 0 Å². The minimum atomic E-state index is -1.52. The highest BCUT2D eigenvalue weighted by Crippen LogP contribution is 2.43. The maximum atomic E-state index is 14.0. The van der Waals surface area contributed by atoms with Crippen LogP contribution in [-0.4, -0.2) is 39.6 Å². The molecule has 3 heterocycles. The van der Waals surface area contributed by atoms with Crippen LogP contribution in [0.5, 0.6) is 5.75 Å². The van der Waals surface area contributed by atoms with E-state index in [1.54, 1.807) is 30.5 Å². The van der Waals surface area contributed by atoms with Crippen molar-refractivity contribution in [2.45, 2.75) is 45.3 Å². The summed E-state index contributed by atoms with van der Waals surface area (Å²) >= 11 is 0. The van der Waals surface area contributed by atoms with Crippen molar-refractivity contribution in [3.8, 4) is 11.4 Å². The van der Waals surface area contributed by atoms with Crippen LogP contribution in [0.25, 0.3) is 11.8 Å². The topological polar surface area (TPSA) is 56.6 Å². The first kappa shape index (κ1) is 24.9. The van der Waals surface area contributed by atoms with E-state index in [4.69, 9.17) is 9.47 Å². The normalized spacial score (nSPS) is 22.1. The highest BCUT2D eigenvalue weighted by atomic mass is 19.2. The monoisotopic (exact) mass is 511 g/mol. The Morgan fingerprint density at radius 1 is 1.14 bits per heavy atom. The predicted molar refractivity (Wildman–Crippen MR) is 131 cm³/mol. The standard InChI is InChI=1S/C28H28F3N3O3/c1-16-13-33(15-32-16)23-7-5-17(9-24(23)36-4)10-25-27(35)34-14-19(28(2,3)37-25)6-8-22(34)18-11-20(29)26(31)21(30)12-18/h5,7,9-13,15,19,22H,6,8,14H2,1-4H3/b25-10-/t19-,22+/m1/s1. The molecule has 37 heavy (non-hydrogen) atoms. The van der Waals surface area contributed by atoms with Gasteiger partial charge in [0.25, 0.3) is 5.91 Å². The lowest BCUT2D eigenvalue weighted by atomic mass is 9.80. The molecule has 5 rings (SSSR count). The third kappa shape index (κ3) is 4.58. The van der Waals surface area contributed by atoms with Crippen LogP contribution in [0.15, 0.2) is 48.6 Å². The third-order valence-electron chi connectivity index (χ3n) is 7.29. The molecule has 2 fully saturated rings. The number of fused-ring (bicyclic) bond motifs is 2. The molecule has 1 amide bonds. The fourth-order valence-electron chi connectivity index (χ4n) is 5.22. The molecule has 194 valence electrons. The smallest absolute Gasteiger partial charge is 0.289 e. The molecule has 2 atom stereocenters. The molecule has 6 nitrogen and oxygen atoms in total. The molecule has 1 aromatic heterocycles. The average molecular weight is 512 g/mol. The second kappa shape index (κ2) is 9.28. The quantitative estimate of drug-likeness (QED) is 0.331. The molecule has 2 bridgehead atoms. The zero-order chi connectivity index (χ0) is 26.5. The largest absolute Gasteiger partial charge is 0.495 e. The Bertz CT molecular complexity index is 1380. The van der Waals surface area contributed by atoms with Crippen LogP contribution in [0, 0.1) is 30.3 Å². The van der Waals surface area contributed by atoms with Crippen LogP contribution in [0.4, 0.5) is 13.2 Å². The van der Waals surface area contributed by atoms with Gasteiger partial charge in [-0.25, -0.2) is 18.2 Å². The number of hydrogen-bond donors (Lipinski definition) is 0. The summed E-state index contributed by atoms with van der Waals surface area (Å²) in [6.07, 6.45) is 6.39. The molecular weight excluding hydrogens is 483 g/mol. The second-order valence-electron chi connectivity index (χ2n) is 10.1. The van der Waals surface area contributed by atoms with Crippen molar-refractivity contribution >= 4 is 12.0 Å². The Balaban J connectivity index is 1.53. The van der Waals surface area contributed by atoms with Gasteiger partial charge in [0.1, 0.15) is 11.4 Å². The summed E-state index contributed by atoms with van der Waals surface area (Å²) in [6.45, 7) is 6.12. The van der Waals surface area contributed by atoms with E-state index in [-0.39, 0.29) is 17.2 Å². The molecule has 0 aliphatic carbocycles. The Morgan fingerprint density at radius 3 is 2.51 bits per heavy atom. The number of nitrogens with zero attached hydrogens (tertiary/aromatic N) is 3. The number of hydrogen-bond acceptors (Lipinski definition) is 4. The van der Waals surface area contributed by atoms with Crippen LogP contribution in [0.2, 0.25) is 0 Å². The van der Waals surface area contributed by atoms with Crippen molar-refractivity contribution in [2.24, 2.45) is 5.92 Å². The fourth-order valence-corrected chi connectivity index (χ4v) is 5.22. The number of carbonyl (C=O) groups excluding carboxylic acids is 1. The zero-order valence-corrected chi connectivity index (χ0v) is 21.1.